The van der Waals surface area contributed by atoms with Crippen LogP contribution in [0.2, 0.25) is 0 Å². The van der Waals surface area contributed by atoms with E-state index < -0.39 is 0 Å². The Morgan fingerprint density at radius 3 is 2.60 bits per heavy atom. The molecule has 0 saturated heterocycles. The van der Waals surface area contributed by atoms with Gasteiger partial charge in [-0.3, -0.25) is 0 Å². The van der Waals surface area contributed by atoms with Gasteiger partial charge in [-0.15, -0.1) is 23.2 Å². The molecule has 0 amide bonds. The summed E-state index contributed by atoms with van der Waals surface area (Å²) < 4.78 is 0. The second-order valence-corrected chi connectivity index (χ2v) is 4.38. The average Bonchev–Trinajstić information content (AvgIpc) is 2.46. The zero-order chi connectivity index (χ0) is 7.19. The van der Waals surface area contributed by atoms with Gasteiger partial charge < -0.3 is 0 Å². The van der Waals surface area contributed by atoms with Gasteiger partial charge >= 0.3 is 0 Å². The fourth-order valence-electron chi connectivity index (χ4n) is 2.05. The Hall–Kier alpha value is 0.320. The molecule has 0 spiro atoms. The van der Waals surface area contributed by atoms with Crippen LogP contribution in [0.25, 0.3) is 0 Å². The first-order chi connectivity index (χ1) is 4.74. The van der Waals surface area contributed by atoms with E-state index in [1.54, 1.807) is 0 Å². The molecule has 2 bridgehead atoms. The van der Waals surface area contributed by atoms with Crippen molar-refractivity contribution in [1.82, 2.24) is 0 Å². The van der Waals surface area contributed by atoms with Crippen LogP contribution in [0.15, 0.2) is 12.2 Å². The molecular formula is C8H10Cl2. The summed E-state index contributed by atoms with van der Waals surface area (Å²) in [6.07, 6.45) is 6.82. The van der Waals surface area contributed by atoms with E-state index in [4.69, 9.17) is 23.2 Å². The fraction of sp³-hybridized carbons (Fsp3) is 0.750. The van der Waals surface area contributed by atoms with E-state index in [-0.39, 0.29) is 4.87 Å². The van der Waals surface area contributed by atoms with Crippen LogP contribution in [0.3, 0.4) is 0 Å². The zero-order valence-electron chi connectivity index (χ0n) is 5.69. The Balaban J connectivity index is 2.22. The van der Waals surface area contributed by atoms with E-state index in [1.165, 1.54) is 6.42 Å². The third kappa shape index (κ3) is 0.820. The largest absolute Gasteiger partial charge is 0.125 e. The normalized spacial score (nSPS) is 50.6. The molecule has 0 aromatic heterocycles. The SMILES string of the molecule is ClC[C@@]1(Cl)CC2C=CC1C2. The first kappa shape index (κ1) is 7.00. The first-order valence-corrected chi connectivity index (χ1v) is 4.59. The van der Waals surface area contributed by atoms with Crippen LogP contribution in [-0.4, -0.2) is 10.8 Å². The second kappa shape index (κ2) is 2.15. The van der Waals surface area contributed by atoms with Crippen LogP contribution in [0, 0.1) is 11.8 Å². The van der Waals surface area contributed by atoms with Gasteiger partial charge in [0.1, 0.15) is 0 Å². The topological polar surface area (TPSA) is 0 Å². The highest BCUT2D eigenvalue weighted by Crippen LogP contribution is 2.50. The molecule has 2 rings (SSSR count). The van der Waals surface area contributed by atoms with Crippen molar-refractivity contribution in [3.63, 3.8) is 0 Å². The quantitative estimate of drug-likeness (QED) is 0.426. The van der Waals surface area contributed by atoms with Crippen molar-refractivity contribution in [1.29, 1.82) is 0 Å². The van der Waals surface area contributed by atoms with Crippen molar-refractivity contribution >= 4 is 23.2 Å². The van der Waals surface area contributed by atoms with Gasteiger partial charge in [0.2, 0.25) is 0 Å². The molecule has 0 aliphatic heterocycles. The molecule has 0 heterocycles. The summed E-state index contributed by atoms with van der Waals surface area (Å²) in [5.74, 6) is 1.87. The molecule has 0 aromatic carbocycles. The molecule has 2 aliphatic carbocycles. The lowest BCUT2D eigenvalue weighted by molar-refractivity contribution is 0.541. The molecule has 2 heteroatoms. The maximum Gasteiger partial charge on any atom is 0.0649 e. The smallest absolute Gasteiger partial charge is 0.0649 e. The van der Waals surface area contributed by atoms with Gasteiger partial charge in [-0.2, -0.15) is 0 Å². The molecule has 1 fully saturated rings. The Labute approximate surface area is 71.2 Å². The lowest BCUT2D eigenvalue weighted by Crippen LogP contribution is -2.28. The Morgan fingerprint density at radius 1 is 1.50 bits per heavy atom. The number of alkyl halides is 2. The van der Waals surface area contributed by atoms with Crippen molar-refractivity contribution in [2.45, 2.75) is 17.7 Å². The van der Waals surface area contributed by atoms with E-state index in [2.05, 4.69) is 12.2 Å². The van der Waals surface area contributed by atoms with Crippen molar-refractivity contribution < 1.29 is 0 Å². The van der Waals surface area contributed by atoms with Crippen LogP contribution in [0.4, 0.5) is 0 Å². The monoisotopic (exact) mass is 176 g/mol. The highest BCUT2D eigenvalue weighted by atomic mass is 35.5. The second-order valence-electron chi connectivity index (χ2n) is 3.36. The maximum atomic E-state index is 6.27. The minimum absolute atomic E-state index is 0.0963. The molecule has 0 radical (unpaired) electrons. The summed E-state index contributed by atoms with van der Waals surface area (Å²) in [5, 5.41) is 0. The van der Waals surface area contributed by atoms with Crippen LogP contribution >= 0.6 is 23.2 Å². The Morgan fingerprint density at radius 2 is 2.30 bits per heavy atom. The van der Waals surface area contributed by atoms with Crippen molar-refractivity contribution in [3.05, 3.63) is 12.2 Å². The van der Waals surface area contributed by atoms with Crippen molar-refractivity contribution in [2.75, 3.05) is 5.88 Å². The van der Waals surface area contributed by atoms with E-state index in [0.29, 0.717) is 11.8 Å². The van der Waals surface area contributed by atoms with Crippen molar-refractivity contribution in [2.24, 2.45) is 11.8 Å². The lowest BCUT2D eigenvalue weighted by Gasteiger charge is -2.25. The molecule has 0 aromatic rings. The fourth-order valence-corrected chi connectivity index (χ4v) is 2.72. The average molecular weight is 177 g/mol. The number of hydrogen-bond acceptors (Lipinski definition) is 0. The van der Waals surface area contributed by atoms with E-state index in [0.717, 1.165) is 12.3 Å². The third-order valence-corrected chi connectivity index (χ3v) is 3.84. The van der Waals surface area contributed by atoms with Gasteiger partial charge in [-0.25, -0.2) is 0 Å². The van der Waals surface area contributed by atoms with E-state index >= 15 is 0 Å². The minimum atomic E-state index is -0.0963. The summed E-state index contributed by atoms with van der Waals surface area (Å²) in [4.78, 5) is -0.0963. The van der Waals surface area contributed by atoms with Gasteiger partial charge in [-0.05, 0) is 24.7 Å². The molecule has 0 nitrogen and oxygen atoms in total. The van der Waals surface area contributed by atoms with Crippen molar-refractivity contribution in [3.8, 4) is 0 Å². The third-order valence-electron chi connectivity index (χ3n) is 2.66. The molecule has 1 saturated carbocycles. The maximum absolute atomic E-state index is 6.27. The lowest BCUT2D eigenvalue weighted by atomic mass is 9.95. The zero-order valence-corrected chi connectivity index (χ0v) is 7.20. The summed E-state index contributed by atoms with van der Waals surface area (Å²) in [6.45, 7) is 0. The first-order valence-electron chi connectivity index (χ1n) is 3.68. The van der Waals surface area contributed by atoms with E-state index in [9.17, 15) is 0 Å². The van der Waals surface area contributed by atoms with Gasteiger partial charge in [0.05, 0.1) is 4.87 Å². The van der Waals surface area contributed by atoms with Crippen LogP contribution in [-0.2, 0) is 0 Å². The molecule has 3 atom stereocenters. The van der Waals surface area contributed by atoms with Gasteiger partial charge in [0.15, 0.2) is 0 Å². The number of rotatable bonds is 1. The predicted octanol–water partition coefficient (Wildman–Crippen LogP) is 2.80. The number of allylic oxidation sites excluding steroid dienone is 2. The summed E-state index contributed by atoms with van der Waals surface area (Å²) in [7, 11) is 0. The molecule has 56 valence electrons. The summed E-state index contributed by atoms with van der Waals surface area (Å²) in [5.41, 5.74) is 0. The van der Waals surface area contributed by atoms with Gasteiger partial charge in [0, 0.05) is 5.88 Å². The molecule has 0 N–H and O–H groups in total. The number of halogens is 2. The summed E-state index contributed by atoms with van der Waals surface area (Å²) in [6, 6.07) is 0. The van der Waals surface area contributed by atoms with Crippen LogP contribution < -0.4 is 0 Å². The molecule has 10 heavy (non-hydrogen) atoms. The summed E-state index contributed by atoms with van der Waals surface area (Å²) >= 11 is 12.0. The molecule has 2 unspecified atom stereocenters. The van der Waals surface area contributed by atoms with Gasteiger partial charge in [0.25, 0.3) is 0 Å². The standard InChI is InChI=1S/C8H10Cl2/c9-5-8(10)4-6-1-2-7(8)3-6/h1-2,6-7H,3-5H2/t6?,7?,8-/m0/s1. The van der Waals surface area contributed by atoms with Gasteiger partial charge in [-0.1, -0.05) is 12.2 Å². The highest BCUT2D eigenvalue weighted by molar-refractivity contribution is 6.31. The molecule has 2 aliphatic rings. The number of hydrogen-bond donors (Lipinski definition) is 0. The Kier molecular flexibility index (Phi) is 1.50. The van der Waals surface area contributed by atoms with Crippen LogP contribution in [0.1, 0.15) is 12.8 Å². The Bertz CT molecular complexity index is 176. The predicted molar refractivity (Wildman–Crippen MR) is 44.7 cm³/mol. The van der Waals surface area contributed by atoms with E-state index in [1.807, 2.05) is 0 Å². The van der Waals surface area contributed by atoms with Crippen LogP contribution in [0.5, 0.6) is 0 Å². The number of fused-ring (bicyclic) bond motifs is 2. The minimum Gasteiger partial charge on any atom is -0.125 e. The highest BCUT2D eigenvalue weighted by Gasteiger charge is 2.46. The molecular weight excluding hydrogens is 167 g/mol.